The molecule has 43 heavy (non-hydrogen) atoms. The van der Waals surface area contributed by atoms with Crippen molar-refractivity contribution in [3.63, 3.8) is 0 Å². The van der Waals surface area contributed by atoms with Crippen molar-refractivity contribution in [2.75, 3.05) is 13.2 Å². The molecule has 0 bridgehead atoms. The number of nitrogens with zero attached hydrogens (tertiary/aromatic N) is 2. The molecule has 214 valence electrons. The van der Waals surface area contributed by atoms with Crippen molar-refractivity contribution >= 4 is 23.4 Å². The molecule has 8 heteroatoms. The SMILES string of the molecule is CC1=C(C(=O)Oc2ccccc2)[C@H](c2ccccc2)n2c(s/c(=C/c3ccccc3OCCOc3ccccc3)c2=O)=N1. The minimum absolute atomic E-state index is 0.252. The minimum atomic E-state index is -0.697. The fourth-order valence-electron chi connectivity index (χ4n) is 4.88. The van der Waals surface area contributed by atoms with Crippen molar-refractivity contribution < 1.29 is 19.0 Å². The lowest BCUT2D eigenvalue weighted by molar-refractivity contribution is -0.130. The number of hydrogen-bond donors (Lipinski definition) is 0. The Morgan fingerprint density at radius 3 is 2.14 bits per heavy atom. The monoisotopic (exact) mass is 588 g/mol. The van der Waals surface area contributed by atoms with Gasteiger partial charge in [0.15, 0.2) is 4.80 Å². The first-order valence-electron chi connectivity index (χ1n) is 13.8. The lowest BCUT2D eigenvalue weighted by atomic mass is 9.96. The Morgan fingerprint density at radius 2 is 1.42 bits per heavy atom. The van der Waals surface area contributed by atoms with Gasteiger partial charge in [-0.1, -0.05) is 96.3 Å². The van der Waals surface area contributed by atoms with Gasteiger partial charge < -0.3 is 14.2 Å². The summed E-state index contributed by atoms with van der Waals surface area (Å²) in [6.07, 6.45) is 1.81. The third-order valence-corrected chi connectivity index (χ3v) is 7.85. The van der Waals surface area contributed by atoms with E-state index in [9.17, 15) is 9.59 Å². The van der Waals surface area contributed by atoms with Gasteiger partial charge in [-0.3, -0.25) is 9.36 Å². The zero-order chi connectivity index (χ0) is 29.6. The Hall–Kier alpha value is -5.21. The molecule has 1 aliphatic rings. The Labute approximate surface area is 252 Å². The van der Waals surface area contributed by atoms with Gasteiger partial charge in [0.25, 0.3) is 5.56 Å². The van der Waals surface area contributed by atoms with Crippen LogP contribution in [0.5, 0.6) is 17.2 Å². The molecule has 5 aromatic rings. The number of hydrogen-bond acceptors (Lipinski definition) is 7. The molecule has 2 heterocycles. The Morgan fingerprint density at radius 1 is 0.814 bits per heavy atom. The van der Waals surface area contributed by atoms with Crippen LogP contribution in [0, 0.1) is 0 Å². The summed E-state index contributed by atoms with van der Waals surface area (Å²) in [6.45, 7) is 2.48. The second kappa shape index (κ2) is 12.8. The quantitative estimate of drug-likeness (QED) is 0.133. The molecule has 0 saturated heterocycles. The molecule has 1 atom stereocenters. The highest BCUT2D eigenvalue weighted by atomic mass is 32.1. The second-order valence-electron chi connectivity index (χ2n) is 9.74. The number of thiazole rings is 1. The Kier molecular flexibility index (Phi) is 8.28. The highest BCUT2D eigenvalue weighted by Crippen LogP contribution is 2.31. The van der Waals surface area contributed by atoms with Crippen molar-refractivity contribution in [3.05, 3.63) is 157 Å². The molecule has 0 unspecified atom stereocenters. The van der Waals surface area contributed by atoms with Crippen LogP contribution in [-0.2, 0) is 4.79 Å². The van der Waals surface area contributed by atoms with Gasteiger partial charge in [0, 0.05) is 5.56 Å². The van der Waals surface area contributed by atoms with E-state index in [1.165, 1.54) is 11.3 Å². The van der Waals surface area contributed by atoms with Crippen LogP contribution >= 0.6 is 11.3 Å². The summed E-state index contributed by atoms with van der Waals surface area (Å²) in [5.41, 5.74) is 2.10. The first kappa shape index (κ1) is 27.9. The highest BCUT2D eigenvalue weighted by molar-refractivity contribution is 7.07. The number of carbonyl (C=O) groups is 1. The average Bonchev–Trinajstić information content (AvgIpc) is 3.34. The zero-order valence-electron chi connectivity index (χ0n) is 23.4. The number of fused-ring (bicyclic) bond motifs is 1. The maximum absolute atomic E-state index is 14.0. The maximum atomic E-state index is 14.0. The number of carbonyl (C=O) groups excluding carboxylic acids is 1. The van der Waals surface area contributed by atoms with Gasteiger partial charge in [0.2, 0.25) is 0 Å². The number of ether oxygens (including phenoxy) is 3. The molecule has 1 aliphatic heterocycles. The van der Waals surface area contributed by atoms with Crippen LogP contribution < -0.4 is 29.1 Å². The fourth-order valence-corrected chi connectivity index (χ4v) is 5.92. The van der Waals surface area contributed by atoms with E-state index in [0.29, 0.717) is 45.3 Å². The third-order valence-electron chi connectivity index (χ3n) is 6.87. The number of para-hydroxylation sites is 3. The maximum Gasteiger partial charge on any atom is 0.343 e. The largest absolute Gasteiger partial charge is 0.490 e. The molecular formula is C35H28N2O5S. The van der Waals surface area contributed by atoms with E-state index < -0.39 is 12.0 Å². The normalized spacial score (nSPS) is 14.5. The van der Waals surface area contributed by atoms with Crippen LogP contribution in [0.3, 0.4) is 0 Å². The lowest BCUT2D eigenvalue weighted by Gasteiger charge is -2.24. The number of benzene rings is 4. The van der Waals surface area contributed by atoms with E-state index in [1.807, 2.05) is 91.0 Å². The summed E-state index contributed by atoms with van der Waals surface area (Å²) in [5.74, 6) is 1.28. The van der Waals surface area contributed by atoms with E-state index in [1.54, 1.807) is 41.8 Å². The topological polar surface area (TPSA) is 79.1 Å². The first-order valence-corrected chi connectivity index (χ1v) is 14.6. The van der Waals surface area contributed by atoms with Crippen LogP contribution in [0.4, 0.5) is 0 Å². The van der Waals surface area contributed by atoms with Crippen molar-refractivity contribution in [3.8, 4) is 17.2 Å². The van der Waals surface area contributed by atoms with Gasteiger partial charge in [-0.25, -0.2) is 9.79 Å². The van der Waals surface area contributed by atoms with E-state index in [4.69, 9.17) is 19.2 Å². The molecule has 1 aromatic heterocycles. The number of allylic oxidation sites excluding steroid dienone is 1. The zero-order valence-corrected chi connectivity index (χ0v) is 24.2. The first-order chi connectivity index (χ1) is 21.1. The Balaban J connectivity index is 1.34. The van der Waals surface area contributed by atoms with E-state index >= 15 is 0 Å². The Bertz CT molecular complexity index is 1950. The lowest BCUT2D eigenvalue weighted by Crippen LogP contribution is -2.40. The summed E-state index contributed by atoms with van der Waals surface area (Å²) in [7, 11) is 0. The van der Waals surface area contributed by atoms with E-state index in [0.717, 1.165) is 16.9 Å². The molecule has 6 rings (SSSR count). The van der Waals surface area contributed by atoms with Gasteiger partial charge in [0.05, 0.1) is 21.8 Å². The number of aromatic nitrogens is 1. The van der Waals surface area contributed by atoms with Gasteiger partial charge in [-0.2, -0.15) is 0 Å². The van der Waals surface area contributed by atoms with Gasteiger partial charge >= 0.3 is 5.97 Å². The number of esters is 1. The smallest absolute Gasteiger partial charge is 0.343 e. The van der Waals surface area contributed by atoms with Crippen LogP contribution in [0.1, 0.15) is 24.1 Å². The summed E-state index contributed by atoms with van der Waals surface area (Å²) < 4.78 is 19.6. The molecule has 0 saturated carbocycles. The summed E-state index contributed by atoms with van der Waals surface area (Å²) >= 11 is 1.27. The van der Waals surface area contributed by atoms with Crippen LogP contribution in [-0.4, -0.2) is 23.8 Å². The van der Waals surface area contributed by atoms with E-state index in [-0.39, 0.29) is 5.56 Å². The van der Waals surface area contributed by atoms with Crippen molar-refractivity contribution in [2.45, 2.75) is 13.0 Å². The molecule has 0 spiro atoms. The fraction of sp³-hybridized carbons (Fsp3) is 0.114. The summed E-state index contributed by atoms with van der Waals surface area (Å²) in [6, 6.07) is 34.7. The van der Waals surface area contributed by atoms with E-state index in [2.05, 4.69) is 0 Å². The average molecular weight is 589 g/mol. The van der Waals surface area contributed by atoms with Crippen molar-refractivity contribution in [2.24, 2.45) is 4.99 Å². The molecule has 7 nitrogen and oxygen atoms in total. The second-order valence-corrected chi connectivity index (χ2v) is 10.8. The summed E-state index contributed by atoms with van der Waals surface area (Å²) in [4.78, 5) is 32.8. The van der Waals surface area contributed by atoms with Crippen LogP contribution in [0.15, 0.2) is 136 Å². The molecule has 0 fully saturated rings. The standard InChI is InChI=1S/C35H28N2O5S/c1-24-31(34(39)42-28-18-9-4-10-19-28)32(25-13-5-2-6-14-25)37-33(38)30(43-35(37)36-24)23-26-15-11-12-20-29(26)41-22-21-40-27-16-7-3-8-17-27/h2-20,23,32H,21-22H2,1H3/b30-23+/t32-/m0/s1. The predicted octanol–water partition coefficient (Wildman–Crippen LogP) is 5.30. The van der Waals surface area contributed by atoms with Crippen LogP contribution in [0.2, 0.25) is 0 Å². The predicted molar refractivity (Wildman–Crippen MR) is 166 cm³/mol. The molecular weight excluding hydrogens is 560 g/mol. The molecule has 0 amide bonds. The van der Waals surface area contributed by atoms with Gasteiger partial charge in [-0.15, -0.1) is 0 Å². The van der Waals surface area contributed by atoms with Crippen molar-refractivity contribution in [1.29, 1.82) is 0 Å². The van der Waals surface area contributed by atoms with Crippen LogP contribution in [0.25, 0.3) is 6.08 Å². The molecule has 0 N–H and O–H groups in total. The van der Waals surface area contributed by atoms with Crippen molar-refractivity contribution in [1.82, 2.24) is 4.57 Å². The number of rotatable bonds is 9. The highest BCUT2D eigenvalue weighted by Gasteiger charge is 2.33. The summed E-state index contributed by atoms with van der Waals surface area (Å²) in [5, 5.41) is 0. The molecule has 0 aliphatic carbocycles. The molecule has 4 aromatic carbocycles. The third kappa shape index (κ3) is 6.19. The van der Waals surface area contributed by atoms with Gasteiger partial charge in [0.1, 0.15) is 30.5 Å². The minimum Gasteiger partial charge on any atom is -0.490 e. The molecule has 0 radical (unpaired) electrons. The van der Waals surface area contributed by atoms with Gasteiger partial charge in [-0.05, 0) is 48.9 Å².